The normalized spacial score (nSPS) is 23.3. The highest BCUT2D eigenvalue weighted by Crippen LogP contribution is 2.50. The standard InChI is InChI=1S/C23H24N2O9/c1-5-32-23(28)18-11(3)24-13-6-10(2)17(22(27)31-4)21(26)20(13)19(18)12-7-15-16(34-9-33-15)8-14(12)25(29)30/h7-8,10,17,19,24H,5-6,9H2,1-4H3/t10-,17+,19-/m1/s1. The van der Waals surface area contributed by atoms with Crippen LogP contribution in [-0.4, -0.2) is 43.2 Å². The number of benzene rings is 1. The number of dihydropyridines is 1. The molecule has 2 heterocycles. The lowest BCUT2D eigenvalue weighted by atomic mass is 9.69. The van der Waals surface area contributed by atoms with Crippen LogP contribution in [0.1, 0.15) is 38.7 Å². The summed E-state index contributed by atoms with van der Waals surface area (Å²) in [6.45, 7) is 4.98. The molecular weight excluding hydrogens is 448 g/mol. The number of nitro groups is 1. The molecule has 1 N–H and O–H groups in total. The van der Waals surface area contributed by atoms with E-state index in [0.717, 1.165) is 0 Å². The average molecular weight is 472 g/mol. The monoisotopic (exact) mass is 472 g/mol. The number of hydrogen-bond acceptors (Lipinski definition) is 10. The summed E-state index contributed by atoms with van der Waals surface area (Å²) in [4.78, 5) is 50.7. The third kappa shape index (κ3) is 3.66. The van der Waals surface area contributed by atoms with Gasteiger partial charge in [0.2, 0.25) is 6.79 Å². The molecule has 0 radical (unpaired) electrons. The van der Waals surface area contributed by atoms with E-state index in [0.29, 0.717) is 17.8 Å². The Labute approximate surface area is 194 Å². The van der Waals surface area contributed by atoms with E-state index in [9.17, 15) is 24.5 Å². The third-order valence-electron chi connectivity index (χ3n) is 6.27. The maximum absolute atomic E-state index is 13.7. The van der Waals surface area contributed by atoms with Crippen molar-refractivity contribution in [3.8, 4) is 11.5 Å². The first-order valence-electron chi connectivity index (χ1n) is 10.8. The van der Waals surface area contributed by atoms with Crippen molar-refractivity contribution in [1.82, 2.24) is 5.32 Å². The molecule has 0 spiro atoms. The minimum atomic E-state index is -1.16. The zero-order chi connectivity index (χ0) is 24.7. The Kier molecular flexibility index (Phi) is 6.03. The molecule has 0 aromatic heterocycles. The van der Waals surface area contributed by atoms with Crippen LogP contribution in [-0.2, 0) is 23.9 Å². The fraction of sp³-hybridized carbons (Fsp3) is 0.435. The SMILES string of the molecule is CCOC(=O)C1=C(C)NC2=C(C(=O)[C@@H](C(=O)OC)[C@H](C)C2)[C@@H]1c1cc2c(cc1[N+](=O)[O-])OCO2. The van der Waals surface area contributed by atoms with Crippen LogP contribution in [0.15, 0.2) is 34.7 Å². The minimum absolute atomic E-state index is 0.0501. The maximum atomic E-state index is 13.7. The van der Waals surface area contributed by atoms with E-state index in [1.807, 2.05) is 0 Å². The van der Waals surface area contributed by atoms with Gasteiger partial charge in [0.1, 0.15) is 5.92 Å². The largest absolute Gasteiger partial charge is 0.468 e. The molecule has 2 aliphatic heterocycles. The summed E-state index contributed by atoms with van der Waals surface area (Å²) in [6.07, 6.45) is 0.309. The van der Waals surface area contributed by atoms with Crippen molar-refractivity contribution >= 4 is 23.4 Å². The van der Waals surface area contributed by atoms with Crippen molar-refractivity contribution < 1.29 is 38.3 Å². The van der Waals surface area contributed by atoms with Gasteiger partial charge in [-0.3, -0.25) is 19.7 Å². The van der Waals surface area contributed by atoms with Gasteiger partial charge in [0.15, 0.2) is 17.3 Å². The number of Topliss-reactive ketones (excluding diaryl/α,β-unsaturated/α-hetero) is 1. The van der Waals surface area contributed by atoms with Gasteiger partial charge < -0.3 is 24.3 Å². The summed E-state index contributed by atoms with van der Waals surface area (Å²) >= 11 is 0. The van der Waals surface area contributed by atoms with E-state index in [1.54, 1.807) is 20.8 Å². The number of nitrogens with zero attached hydrogens (tertiary/aromatic N) is 1. The van der Waals surface area contributed by atoms with Crippen molar-refractivity contribution in [2.24, 2.45) is 11.8 Å². The molecule has 1 aliphatic carbocycles. The summed E-state index contributed by atoms with van der Waals surface area (Å²) in [5, 5.41) is 15.2. The molecule has 0 bridgehead atoms. The van der Waals surface area contributed by atoms with Crippen LogP contribution in [0, 0.1) is 22.0 Å². The van der Waals surface area contributed by atoms with Gasteiger partial charge in [-0.25, -0.2) is 4.79 Å². The lowest BCUT2D eigenvalue weighted by Crippen LogP contribution is -2.43. The van der Waals surface area contributed by atoms with Crippen LogP contribution in [0.3, 0.4) is 0 Å². The zero-order valence-corrected chi connectivity index (χ0v) is 19.1. The number of nitro benzene ring substituents is 1. The number of carbonyl (C=O) groups excluding carboxylic acids is 3. The van der Waals surface area contributed by atoms with Crippen LogP contribution in [0.2, 0.25) is 0 Å². The van der Waals surface area contributed by atoms with Crippen molar-refractivity contribution in [1.29, 1.82) is 0 Å². The molecule has 11 nitrogen and oxygen atoms in total. The molecule has 3 atom stereocenters. The quantitative estimate of drug-likeness (QED) is 0.294. The summed E-state index contributed by atoms with van der Waals surface area (Å²) in [5.41, 5.74) is 0.778. The maximum Gasteiger partial charge on any atom is 0.336 e. The molecule has 0 unspecified atom stereocenters. The second kappa shape index (κ2) is 8.81. The number of esters is 2. The second-order valence-electron chi connectivity index (χ2n) is 8.28. The highest BCUT2D eigenvalue weighted by atomic mass is 16.7. The van der Waals surface area contributed by atoms with Crippen molar-refractivity contribution in [3.05, 3.63) is 50.4 Å². The smallest absolute Gasteiger partial charge is 0.336 e. The number of ether oxygens (including phenoxy) is 4. The Morgan fingerprint density at radius 1 is 1.26 bits per heavy atom. The molecule has 1 aromatic rings. The van der Waals surface area contributed by atoms with E-state index < -0.39 is 34.5 Å². The second-order valence-corrected chi connectivity index (χ2v) is 8.28. The molecule has 11 heteroatoms. The molecular formula is C23H24N2O9. The fourth-order valence-corrected chi connectivity index (χ4v) is 4.81. The number of ketones is 1. The Bertz CT molecular complexity index is 1170. The highest BCUT2D eigenvalue weighted by Gasteiger charge is 2.49. The summed E-state index contributed by atoms with van der Waals surface area (Å²) in [5.74, 6) is -4.18. The molecule has 3 aliphatic rings. The summed E-state index contributed by atoms with van der Waals surface area (Å²) in [6, 6.07) is 2.62. The van der Waals surface area contributed by atoms with Crippen LogP contribution in [0.25, 0.3) is 0 Å². The van der Waals surface area contributed by atoms with Crippen LogP contribution in [0.5, 0.6) is 11.5 Å². The first-order chi connectivity index (χ1) is 16.2. The van der Waals surface area contributed by atoms with E-state index in [2.05, 4.69) is 5.32 Å². The van der Waals surface area contributed by atoms with Crippen LogP contribution < -0.4 is 14.8 Å². The number of fused-ring (bicyclic) bond motifs is 1. The molecule has 0 fully saturated rings. The van der Waals surface area contributed by atoms with Crippen molar-refractivity contribution in [2.75, 3.05) is 20.5 Å². The van der Waals surface area contributed by atoms with Gasteiger partial charge in [-0.15, -0.1) is 0 Å². The molecule has 0 saturated heterocycles. The van der Waals surface area contributed by atoms with E-state index in [-0.39, 0.29) is 53.2 Å². The average Bonchev–Trinajstić information content (AvgIpc) is 3.24. The first-order valence-corrected chi connectivity index (χ1v) is 10.8. The number of carbonyl (C=O) groups is 3. The number of hydrogen-bond donors (Lipinski definition) is 1. The van der Waals surface area contributed by atoms with Gasteiger partial charge >= 0.3 is 11.9 Å². The Hall–Kier alpha value is -3.89. The zero-order valence-electron chi connectivity index (χ0n) is 19.1. The van der Waals surface area contributed by atoms with Crippen molar-refractivity contribution in [2.45, 2.75) is 33.1 Å². The lowest BCUT2D eigenvalue weighted by molar-refractivity contribution is -0.385. The Morgan fingerprint density at radius 3 is 2.56 bits per heavy atom. The van der Waals surface area contributed by atoms with Gasteiger partial charge in [-0.1, -0.05) is 6.92 Å². The Morgan fingerprint density at radius 2 is 1.94 bits per heavy atom. The minimum Gasteiger partial charge on any atom is -0.468 e. The number of allylic oxidation sites excluding steroid dienone is 3. The van der Waals surface area contributed by atoms with E-state index in [4.69, 9.17) is 18.9 Å². The molecule has 4 rings (SSSR count). The van der Waals surface area contributed by atoms with Gasteiger partial charge in [0.05, 0.1) is 36.2 Å². The first kappa shape index (κ1) is 23.3. The number of nitrogens with one attached hydrogen (secondary N) is 1. The van der Waals surface area contributed by atoms with Crippen molar-refractivity contribution in [3.63, 3.8) is 0 Å². The molecule has 34 heavy (non-hydrogen) atoms. The van der Waals surface area contributed by atoms with Gasteiger partial charge in [-0.2, -0.15) is 0 Å². The molecule has 180 valence electrons. The number of methoxy groups -OCH3 is 1. The van der Waals surface area contributed by atoms with Gasteiger partial charge in [-0.05, 0) is 32.3 Å². The number of rotatable bonds is 5. The van der Waals surface area contributed by atoms with Gasteiger partial charge in [0.25, 0.3) is 5.69 Å². The summed E-state index contributed by atoms with van der Waals surface area (Å²) in [7, 11) is 1.19. The van der Waals surface area contributed by atoms with Crippen LogP contribution >= 0.6 is 0 Å². The molecule has 0 saturated carbocycles. The third-order valence-corrected chi connectivity index (χ3v) is 6.27. The highest BCUT2D eigenvalue weighted by molar-refractivity contribution is 6.12. The predicted molar refractivity (Wildman–Crippen MR) is 116 cm³/mol. The van der Waals surface area contributed by atoms with Crippen LogP contribution in [0.4, 0.5) is 5.69 Å². The van der Waals surface area contributed by atoms with E-state index >= 15 is 0 Å². The lowest BCUT2D eigenvalue weighted by Gasteiger charge is -2.38. The summed E-state index contributed by atoms with van der Waals surface area (Å²) < 4.78 is 20.8. The molecule has 0 amide bonds. The molecule has 1 aromatic carbocycles. The fourth-order valence-electron chi connectivity index (χ4n) is 4.81. The topological polar surface area (TPSA) is 143 Å². The Balaban J connectivity index is 1.98. The van der Waals surface area contributed by atoms with E-state index in [1.165, 1.54) is 19.2 Å². The van der Waals surface area contributed by atoms with Gasteiger partial charge in [0, 0.05) is 22.5 Å². The predicted octanol–water partition coefficient (Wildman–Crippen LogP) is 2.50.